The minimum absolute atomic E-state index is 0.174. The van der Waals surface area contributed by atoms with Crippen LogP contribution in [0.5, 0.6) is 5.75 Å². The van der Waals surface area contributed by atoms with Crippen LogP contribution in [0.25, 0.3) is 16.8 Å². The van der Waals surface area contributed by atoms with Crippen molar-refractivity contribution in [1.29, 1.82) is 0 Å². The van der Waals surface area contributed by atoms with Gasteiger partial charge < -0.3 is 4.74 Å². The summed E-state index contributed by atoms with van der Waals surface area (Å²) in [6.45, 7) is 0.348. The highest BCUT2D eigenvalue weighted by Crippen LogP contribution is 2.30. The lowest BCUT2D eigenvalue weighted by Gasteiger charge is -2.26. The molecule has 0 aromatic heterocycles. The molecule has 0 bridgehead atoms. The van der Waals surface area contributed by atoms with Crippen molar-refractivity contribution in [2.45, 2.75) is 6.61 Å². The number of hydrogen-bond donors (Lipinski definition) is 1. The number of benzene rings is 4. The van der Waals surface area contributed by atoms with Gasteiger partial charge in [0.1, 0.15) is 17.9 Å². The number of barbiturate groups is 1. The van der Waals surface area contributed by atoms with Crippen LogP contribution in [0.2, 0.25) is 10.0 Å². The largest absolute Gasteiger partial charge is 0.489 e. The van der Waals surface area contributed by atoms with Gasteiger partial charge in [-0.3, -0.25) is 14.9 Å². The molecular formula is C28H18Cl2N2O4. The van der Waals surface area contributed by atoms with Crippen molar-refractivity contribution in [1.82, 2.24) is 5.32 Å². The molecule has 1 heterocycles. The van der Waals surface area contributed by atoms with Gasteiger partial charge in [0.25, 0.3) is 11.8 Å². The molecule has 4 aromatic carbocycles. The number of carbonyl (C=O) groups is 3. The second-order valence-corrected chi connectivity index (χ2v) is 8.87. The van der Waals surface area contributed by atoms with Gasteiger partial charge in [-0.05, 0) is 58.3 Å². The lowest BCUT2D eigenvalue weighted by molar-refractivity contribution is -0.122. The predicted octanol–water partition coefficient (Wildman–Crippen LogP) is 6.39. The topological polar surface area (TPSA) is 75.7 Å². The molecule has 0 atom stereocenters. The molecule has 0 saturated carbocycles. The quantitative estimate of drug-likeness (QED) is 0.246. The van der Waals surface area contributed by atoms with Gasteiger partial charge in [0.2, 0.25) is 0 Å². The van der Waals surface area contributed by atoms with Crippen LogP contribution in [-0.4, -0.2) is 17.8 Å². The van der Waals surface area contributed by atoms with Gasteiger partial charge >= 0.3 is 6.03 Å². The molecule has 0 spiro atoms. The first kappa shape index (κ1) is 23.6. The van der Waals surface area contributed by atoms with Gasteiger partial charge in [-0.15, -0.1) is 0 Å². The van der Waals surface area contributed by atoms with Gasteiger partial charge in [-0.25, -0.2) is 9.69 Å². The predicted molar refractivity (Wildman–Crippen MR) is 140 cm³/mol. The molecule has 0 aliphatic carbocycles. The zero-order valence-electron chi connectivity index (χ0n) is 18.7. The number of anilines is 1. The lowest BCUT2D eigenvalue weighted by atomic mass is 10.1. The Kier molecular flexibility index (Phi) is 6.46. The van der Waals surface area contributed by atoms with Crippen molar-refractivity contribution >= 4 is 63.6 Å². The first-order chi connectivity index (χ1) is 17.4. The second kappa shape index (κ2) is 9.85. The summed E-state index contributed by atoms with van der Waals surface area (Å²) < 4.78 is 6.01. The van der Waals surface area contributed by atoms with Gasteiger partial charge in [-0.1, -0.05) is 77.8 Å². The van der Waals surface area contributed by atoms with Gasteiger partial charge in [-0.2, -0.15) is 0 Å². The molecule has 6 nitrogen and oxygen atoms in total. The normalized spacial score (nSPS) is 14.9. The van der Waals surface area contributed by atoms with Crippen molar-refractivity contribution in [3.05, 3.63) is 112 Å². The number of imide groups is 2. The van der Waals surface area contributed by atoms with E-state index in [0.29, 0.717) is 17.9 Å². The SMILES string of the molecule is O=C1NC(=O)N(c2ccc(Cl)c(Cl)c2)C(=O)/C1=C\c1cccc(OCc2cccc3ccccc23)c1. The Hall–Kier alpha value is -4.13. The van der Waals surface area contributed by atoms with Crippen LogP contribution in [0, 0.1) is 0 Å². The van der Waals surface area contributed by atoms with Crippen molar-refractivity contribution in [2.75, 3.05) is 4.90 Å². The molecule has 1 fully saturated rings. The number of fused-ring (bicyclic) bond motifs is 1. The van der Waals surface area contributed by atoms with Crippen LogP contribution < -0.4 is 15.0 Å². The molecule has 4 aromatic rings. The Balaban J connectivity index is 1.40. The summed E-state index contributed by atoms with van der Waals surface area (Å²) in [6, 6.07) is 24.6. The van der Waals surface area contributed by atoms with E-state index in [1.807, 2.05) is 42.5 Å². The minimum atomic E-state index is -0.868. The maximum absolute atomic E-state index is 13.1. The molecule has 4 amide bonds. The fourth-order valence-corrected chi connectivity index (χ4v) is 4.25. The van der Waals surface area contributed by atoms with E-state index < -0.39 is 17.8 Å². The number of hydrogen-bond acceptors (Lipinski definition) is 4. The summed E-state index contributed by atoms with van der Waals surface area (Å²) in [5, 5.41) is 4.87. The number of carbonyl (C=O) groups excluding carboxylic acids is 3. The number of amides is 4. The number of halogens is 2. The third-order valence-corrected chi connectivity index (χ3v) is 6.45. The zero-order valence-corrected chi connectivity index (χ0v) is 20.2. The second-order valence-electron chi connectivity index (χ2n) is 8.06. The molecule has 5 rings (SSSR count). The van der Waals surface area contributed by atoms with E-state index in [4.69, 9.17) is 27.9 Å². The highest BCUT2D eigenvalue weighted by molar-refractivity contribution is 6.43. The first-order valence-electron chi connectivity index (χ1n) is 11.0. The van der Waals surface area contributed by atoms with Crippen LogP contribution in [-0.2, 0) is 16.2 Å². The third kappa shape index (κ3) is 4.69. The van der Waals surface area contributed by atoms with Crippen molar-refractivity contribution in [2.24, 2.45) is 0 Å². The van der Waals surface area contributed by atoms with Crippen molar-refractivity contribution in [3.63, 3.8) is 0 Å². The summed E-state index contributed by atoms with van der Waals surface area (Å²) in [5.74, 6) is -0.994. The number of urea groups is 1. The fourth-order valence-electron chi connectivity index (χ4n) is 3.96. The standard InChI is InChI=1S/C28H18Cl2N2O4/c29-24-12-11-20(15-25(24)30)32-27(34)23(26(33)31-28(32)35)14-17-5-3-9-21(13-17)36-16-19-8-4-7-18-6-1-2-10-22(18)19/h1-15H,16H2,(H,31,33,35)/b23-14-. The van der Waals surface area contributed by atoms with Crippen LogP contribution in [0.3, 0.4) is 0 Å². The Bertz CT molecular complexity index is 1560. The maximum atomic E-state index is 13.1. The maximum Gasteiger partial charge on any atom is 0.335 e. The Morgan fingerprint density at radius 2 is 1.61 bits per heavy atom. The van der Waals surface area contributed by atoms with Crippen LogP contribution >= 0.6 is 23.2 Å². The van der Waals surface area contributed by atoms with Crippen molar-refractivity contribution < 1.29 is 19.1 Å². The van der Waals surface area contributed by atoms with Crippen LogP contribution in [0.1, 0.15) is 11.1 Å². The molecule has 1 aliphatic heterocycles. The number of ether oxygens (including phenoxy) is 1. The highest BCUT2D eigenvalue weighted by atomic mass is 35.5. The van der Waals surface area contributed by atoms with Crippen LogP contribution in [0.4, 0.5) is 10.5 Å². The minimum Gasteiger partial charge on any atom is -0.489 e. The molecule has 1 saturated heterocycles. The summed E-state index contributed by atoms with van der Waals surface area (Å²) in [6.07, 6.45) is 1.42. The molecule has 1 N–H and O–H groups in total. The lowest BCUT2D eigenvalue weighted by Crippen LogP contribution is -2.54. The number of nitrogens with one attached hydrogen (secondary N) is 1. The van der Waals surface area contributed by atoms with E-state index in [0.717, 1.165) is 21.2 Å². The molecule has 0 radical (unpaired) electrons. The van der Waals surface area contributed by atoms with Crippen LogP contribution in [0.15, 0.2) is 90.5 Å². The third-order valence-electron chi connectivity index (χ3n) is 5.71. The van der Waals surface area contributed by atoms with E-state index in [1.54, 1.807) is 24.3 Å². The Labute approximate surface area is 216 Å². The van der Waals surface area contributed by atoms with E-state index in [9.17, 15) is 14.4 Å². The molecular weight excluding hydrogens is 499 g/mol. The van der Waals surface area contributed by atoms with E-state index in [2.05, 4.69) is 5.32 Å². The fraction of sp³-hybridized carbons (Fsp3) is 0.0357. The van der Waals surface area contributed by atoms with E-state index in [-0.39, 0.29) is 21.3 Å². The highest BCUT2D eigenvalue weighted by Gasteiger charge is 2.37. The number of rotatable bonds is 5. The van der Waals surface area contributed by atoms with Gasteiger partial charge in [0, 0.05) is 0 Å². The Morgan fingerprint density at radius 3 is 2.44 bits per heavy atom. The van der Waals surface area contributed by atoms with Gasteiger partial charge in [0.15, 0.2) is 0 Å². The molecule has 36 heavy (non-hydrogen) atoms. The van der Waals surface area contributed by atoms with E-state index >= 15 is 0 Å². The van der Waals surface area contributed by atoms with Gasteiger partial charge in [0.05, 0.1) is 15.7 Å². The smallest absolute Gasteiger partial charge is 0.335 e. The zero-order chi connectivity index (χ0) is 25.2. The molecule has 0 unspecified atom stereocenters. The average molecular weight is 517 g/mol. The average Bonchev–Trinajstić information content (AvgIpc) is 2.87. The molecule has 8 heteroatoms. The summed E-state index contributed by atoms with van der Waals surface area (Å²) in [4.78, 5) is 38.9. The molecule has 1 aliphatic rings. The summed E-state index contributed by atoms with van der Waals surface area (Å²) >= 11 is 12.0. The first-order valence-corrected chi connectivity index (χ1v) is 11.7. The summed E-state index contributed by atoms with van der Waals surface area (Å²) in [5.41, 5.74) is 1.59. The van der Waals surface area contributed by atoms with E-state index in [1.165, 1.54) is 24.3 Å². The summed E-state index contributed by atoms with van der Waals surface area (Å²) in [7, 11) is 0. The monoisotopic (exact) mass is 516 g/mol. The Morgan fingerprint density at radius 1 is 0.833 bits per heavy atom. The number of nitrogens with zero attached hydrogens (tertiary/aromatic N) is 1. The molecule has 178 valence electrons. The van der Waals surface area contributed by atoms with Crippen molar-refractivity contribution in [3.8, 4) is 5.75 Å².